The van der Waals surface area contributed by atoms with Crippen molar-refractivity contribution in [3.05, 3.63) is 94.5 Å². The molecule has 2 amide bonds. The summed E-state index contributed by atoms with van der Waals surface area (Å²) < 4.78 is 16.7. The smallest absolute Gasteiger partial charge is 0.339 e. The standard InChI is InChI=1S/C25H18BrNO7/c1-32-19-13-12-17(26)14-18(19)27-22(28)20(33-24(30)15-8-4-2-5-9-15)21(23(27)29)34-25(31)16-10-6-3-7-11-16/h2-14,20-21H,1H3/t20-,21-/m1/s1. The minimum atomic E-state index is -1.68. The zero-order chi connectivity index (χ0) is 24.2. The highest BCUT2D eigenvalue weighted by Crippen LogP contribution is 2.36. The molecule has 8 nitrogen and oxygen atoms in total. The Morgan fingerprint density at radius 1 is 0.765 bits per heavy atom. The van der Waals surface area contributed by atoms with Gasteiger partial charge in [-0.3, -0.25) is 9.59 Å². The van der Waals surface area contributed by atoms with Crippen LogP contribution in [0, 0.1) is 0 Å². The second-order valence-corrected chi connectivity index (χ2v) is 8.13. The molecule has 1 saturated heterocycles. The van der Waals surface area contributed by atoms with Crippen molar-refractivity contribution in [2.24, 2.45) is 0 Å². The van der Waals surface area contributed by atoms with E-state index in [0.29, 0.717) is 4.47 Å². The van der Waals surface area contributed by atoms with Crippen LogP contribution in [-0.2, 0) is 19.1 Å². The Balaban J connectivity index is 1.70. The number of anilines is 1. The van der Waals surface area contributed by atoms with Crippen molar-refractivity contribution < 1.29 is 33.4 Å². The number of halogens is 1. The number of benzene rings is 3. The van der Waals surface area contributed by atoms with E-state index in [1.54, 1.807) is 48.5 Å². The molecule has 0 radical (unpaired) electrons. The lowest BCUT2D eigenvalue weighted by Crippen LogP contribution is -2.37. The number of carbonyl (C=O) groups excluding carboxylic acids is 4. The van der Waals surface area contributed by atoms with Gasteiger partial charge in [0.25, 0.3) is 11.8 Å². The number of nitrogens with zero attached hydrogens (tertiary/aromatic N) is 1. The number of esters is 2. The van der Waals surface area contributed by atoms with E-state index >= 15 is 0 Å². The summed E-state index contributed by atoms with van der Waals surface area (Å²) in [6.45, 7) is 0. The Hall–Kier alpha value is -3.98. The highest BCUT2D eigenvalue weighted by molar-refractivity contribution is 9.10. The number of imide groups is 1. The molecule has 1 fully saturated rings. The summed E-state index contributed by atoms with van der Waals surface area (Å²) in [5.41, 5.74) is 0.467. The van der Waals surface area contributed by atoms with E-state index in [9.17, 15) is 19.2 Å². The molecule has 172 valence electrons. The fraction of sp³-hybridized carbons (Fsp3) is 0.120. The first-order valence-electron chi connectivity index (χ1n) is 10.1. The quantitative estimate of drug-likeness (QED) is 0.358. The van der Waals surface area contributed by atoms with Crippen LogP contribution >= 0.6 is 15.9 Å². The van der Waals surface area contributed by atoms with Gasteiger partial charge in [-0.05, 0) is 42.5 Å². The average Bonchev–Trinajstić information content (AvgIpc) is 3.08. The van der Waals surface area contributed by atoms with Gasteiger partial charge in [0.15, 0.2) is 0 Å². The number of ether oxygens (including phenoxy) is 3. The molecule has 0 aromatic heterocycles. The summed E-state index contributed by atoms with van der Waals surface area (Å²) in [5.74, 6) is -3.17. The molecule has 9 heteroatoms. The first-order chi connectivity index (χ1) is 16.4. The van der Waals surface area contributed by atoms with Crippen molar-refractivity contribution in [2.45, 2.75) is 12.2 Å². The van der Waals surface area contributed by atoms with Crippen molar-refractivity contribution in [1.29, 1.82) is 0 Å². The summed E-state index contributed by atoms with van der Waals surface area (Å²) in [6.07, 6.45) is -3.37. The van der Waals surface area contributed by atoms with Crippen LogP contribution in [0.3, 0.4) is 0 Å². The van der Waals surface area contributed by atoms with E-state index in [2.05, 4.69) is 15.9 Å². The fourth-order valence-corrected chi connectivity index (χ4v) is 3.79. The largest absolute Gasteiger partial charge is 0.495 e. The predicted octanol–water partition coefficient (Wildman–Crippen LogP) is 3.78. The fourth-order valence-electron chi connectivity index (χ4n) is 3.44. The van der Waals surface area contributed by atoms with Gasteiger partial charge in [-0.15, -0.1) is 0 Å². The van der Waals surface area contributed by atoms with Crippen molar-refractivity contribution in [1.82, 2.24) is 0 Å². The van der Waals surface area contributed by atoms with Gasteiger partial charge < -0.3 is 14.2 Å². The molecule has 0 saturated carbocycles. The maximum atomic E-state index is 13.4. The molecule has 3 aromatic rings. The van der Waals surface area contributed by atoms with Gasteiger partial charge in [0, 0.05) is 4.47 Å². The zero-order valence-corrected chi connectivity index (χ0v) is 19.4. The normalized spacial score (nSPS) is 17.4. The molecule has 0 aliphatic carbocycles. The van der Waals surface area contributed by atoms with Crippen molar-refractivity contribution in [2.75, 3.05) is 12.0 Å². The number of hydrogen-bond acceptors (Lipinski definition) is 7. The summed E-state index contributed by atoms with van der Waals surface area (Å²) in [7, 11) is 1.39. The molecular formula is C25H18BrNO7. The van der Waals surface area contributed by atoms with E-state index in [1.165, 1.54) is 37.4 Å². The minimum absolute atomic E-state index is 0.117. The van der Waals surface area contributed by atoms with Gasteiger partial charge in [-0.1, -0.05) is 52.3 Å². The van der Waals surface area contributed by atoms with Crippen LogP contribution in [0.2, 0.25) is 0 Å². The third-order valence-electron chi connectivity index (χ3n) is 5.07. The van der Waals surface area contributed by atoms with Crippen molar-refractivity contribution in [3.63, 3.8) is 0 Å². The summed E-state index contributed by atoms with van der Waals surface area (Å²) >= 11 is 3.31. The lowest BCUT2D eigenvalue weighted by atomic mass is 10.2. The van der Waals surface area contributed by atoms with Gasteiger partial charge in [0.05, 0.1) is 23.9 Å². The Labute approximate surface area is 203 Å². The lowest BCUT2D eigenvalue weighted by molar-refractivity contribution is -0.130. The maximum Gasteiger partial charge on any atom is 0.339 e. The minimum Gasteiger partial charge on any atom is -0.495 e. The molecule has 0 bridgehead atoms. The Morgan fingerprint density at radius 3 is 1.68 bits per heavy atom. The molecule has 0 spiro atoms. The first-order valence-corrected chi connectivity index (χ1v) is 10.9. The van der Waals surface area contributed by atoms with Crippen LogP contribution in [-0.4, -0.2) is 43.1 Å². The third-order valence-corrected chi connectivity index (χ3v) is 5.56. The van der Waals surface area contributed by atoms with E-state index in [4.69, 9.17) is 14.2 Å². The first kappa shape index (κ1) is 23.2. The van der Waals surface area contributed by atoms with Gasteiger partial charge in [-0.25, -0.2) is 14.5 Å². The molecule has 2 atom stereocenters. The Morgan fingerprint density at radius 2 is 1.24 bits per heavy atom. The van der Waals surface area contributed by atoms with Crippen LogP contribution in [0.25, 0.3) is 0 Å². The number of amides is 2. The summed E-state index contributed by atoms with van der Waals surface area (Å²) in [6, 6.07) is 20.7. The summed E-state index contributed by atoms with van der Waals surface area (Å²) in [5, 5.41) is 0. The third kappa shape index (κ3) is 4.55. The van der Waals surface area contributed by atoms with Crippen LogP contribution in [0.5, 0.6) is 5.75 Å². The number of hydrogen-bond donors (Lipinski definition) is 0. The van der Waals surface area contributed by atoms with Crippen molar-refractivity contribution in [3.8, 4) is 5.75 Å². The highest BCUT2D eigenvalue weighted by atomic mass is 79.9. The van der Waals surface area contributed by atoms with E-state index < -0.39 is 36.0 Å². The number of methoxy groups -OCH3 is 1. The van der Waals surface area contributed by atoms with E-state index in [0.717, 1.165) is 4.90 Å². The SMILES string of the molecule is COc1ccc(Br)cc1N1C(=O)[C@H](OC(=O)c2ccccc2)[C@@H](OC(=O)c2ccccc2)C1=O. The molecule has 4 rings (SSSR count). The molecule has 34 heavy (non-hydrogen) atoms. The molecule has 1 heterocycles. The predicted molar refractivity (Wildman–Crippen MR) is 124 cm³/mol. The monoisotopic (exact) mass is 523 g/mol. The molecule has 1 aliphatic rings. The van der Waals surface area contributed by atoms with Crippen molar-refractivity contribution >= 4 is 45.4 Å². The van der Waals surface area contributed by atoms with Crippen LogP contribution in [0.4, 0.5) is 5.69 Å². The molecule has 0 N–H and O–H groups in total. The number of carbonyl (C=O) groups is 4. The lowest BCUT2D eigenvalue weighted by Gasteiger charge is -2.17. The summed E-state index contributed by atoms with van der Waals surface area (Å²) in [4.78, 5) is 52.9. The van der Waals surface area contributed by atoms with Gasteiger partial charge >= 0.3 is 11.9 Å². The topological polar surface area (TPSA) is 99.2 Å². The molecule has 1 aliphatic heterocycles. The maximum absolute atomic E-state index is 13.4. The van der Waals surface area contributed by atoms with E-state index in [-0.39, 0.29) is 22.6 Å². The van der Waals surface area contributed by atoms with Crippen LogP contribution in [0.15, 0.2) is 83.3 Å². The highest BCUT2D eigenvalue weighted by Gasteiger charge is 2.54. The van der Waals surface area contributed by atoms with Gasteiger partial charge in [0.1, 0.15) is 5.75 Å². The molecular weight excluding hydrogens is 506 g/mol. The Bertz CT molecular complexity index is 1180. The van der Waals surface area contributed by atoms with Crippen LogP contribution < -0.4 is 9.64 Å². The second-order valence-electron chi connectivity index (χ2n) is 7.21. The molecule has 3 aromatic carbocycles. The van der Waals surface area contributed by atoms with Gasteiger partial charge in [-0.2, -0.15) is 0 Å². The second kappa shape index (κ2) is 9.88. The van der Waals surface area contributed by atoms with Gasteiger partial charge in [0.2, 0.25) is 12.2 Å². The average molecular weight is 524 g/mol. The molecule has 0 unspecified atom stereocenters. The number of rotatable bonds is 6. The Kier molecular flexibility index (Phi) is 6.74. The van der Waals surface area contributed by atoms with Crippen LogP contribution in [0.1, 0.15) is 20.7 Å². The van der Waals surface area contributed by atoms with E-state index in [1.807, 2.05) is 0 Å². The zero-order valence-electron chi connectivity index (χ0n) is 17.8.